The smallest absolute Gasteiger partial charge is 0.416 e. The van der Waals surface area contributed by atoms with Gasteiger partial charge in [0.2, 0.25) is 29.4 Å². The highest BCUT2D eigenvalue weighted by Crippen LogP contribution is 2.34. The SMILES string of the molecule is CCCC(NC(=O)[C@H]1CC(Oc2ccc(Cl)cn2)CN1C(=O)[C@H](NC(=O)[C@@H](Nc1nc2cc(C(F)(F)F)ccc2o1)C1CCCCC1)C(C)(C)C)C(=O)C(=O)NC1CC1. The molecule has 14 nitrogen and oxygen atoms in total. The van der Waals surface area contributed by atoms with Gasteiger partial charge in [-0.1, -0.05) is 65.0 Å². The van der Waals surface area contributed by atoms with E-state index in [1.54, 1.807) is 32.9 Å². The number of ketones is 1. The minimum Gasteiger partial charge on any atom is -0.472 e. The highest BCUT2D eigenvalue weighted by Gasteiger charge is 2.47. The Morgan fingerprint density at radius 2 is 1.73 bits per heavy atom. The van der Waals surface area contributed by atoms with Gasteiger partial charge in [0, 0.05) is 24.7 Å². The number of oxazole rings is 1. The summed E-state index contributed by atoms with van der Waals surface area (Å²) in [5.41, 5.74) is -1.74. The van der Waals surface area contributed by atoms with Gasteiger partial charge in [0.15, 0.2) is 5.58 Å². The summed E-state index contributed by atoms with van der Waals surface area (Å²) in [6.07, 6.45) is 2.32. The van der Waals surface area contributed by atoms with Gasteiger partial charge in [-0.3, -0.25) is 24.0 Å². The lowest BCUT2D eigenvalue weighted by molar-refractivity contribution is -0.145. The van der Waals surface area contributed by atoms with Crippen LogP contribution in [0, 0.1) is 11.3 Å². The molecule has 18 heteroatoms. The largest absolute Gasteiger partial charge is 0.472 e. The molecule has 2 saturated carbocycles. The first-order valence-electron chi connectivity index (χ1n) is 20.2. The lowest BCUT2D eigenvalue weighted by Crippen LogP contribution is -2.61. The van der Waals surface area contributed by atoms with Gasteiger partial charge in [-0.05, 0) is 67.7 Å². The zero-order valence-electron chi connectivity index (χ0n) is 33.5. The maximum absolute atomic E-state index is 14.8. The molecule has 320 valence electrons. The topological polar surface area (TPSA) is 185 Å². The molecule has 3 aromatic rings. The molecule has 2 aromatic heterocycles. The fourth-order valence-corrected chi connectivity index (χ4v) is 7.77. The van der Waals surface area contributed by atoms with E-state index in [2.05, 4.69) is 31.2 Å². The number of anilines is 1. The number of rotatable bonds is 15. The quantitative estimate of drug-likeness (QED) is 0.133. The van der Waals surface area contributed by atoms with E-state index >= 15 is 0 Å². The molecule has 4 amide bonds. The molecule has 3 heterocycles. The second-order valence-electron chi connectivity index (χ2n) is 16.8. The normalized spacial score (nSPS) is 20.4. The molecule has 59 heavy (non-hydrogen) atoms. The summed E-state index contributed by atoms with van der Waals surface area (Å²) in [5, 5.41) is 11.8. The Balaban J connectivity index is 1.26. The van der Waals surface area contributed by atoms with E-state index in [0.717, 1.165) is 44.2 Å². The van der Waals surface area contributed by atoms with Gasteiger partial charge in [-0.15, -0.1) is 0 Å². The zero-order valence-corrected chi connectivity index (χ0v) is 34.3. The number of benzene rings is 1. The van der Waals surface area contributed by atoms with Crippen LogP contribution in [0.5, 0.6) is 5.88 Å². The van der Waals surface area contributed by atoms with Crippen LogP contribution in [0.15, 0.2) is 40.9 Å². The third-order valence-electron chi connectivity index (χ3n) is 11.0. The Bertz CT molecular complexity index is 2010. The molecule has 0 radical (unpaired) electrons. The first-order valence-corrected chi connectivity index (χ1v) is 20.6. The minimum atomic E-state index is -4.59. The number of amides is 4. The lowest BCUT2D eigenvalue weighted by atomic mass is 9.82. The maximum Gasteiger partial charge on any atom is 0.416 e. The standard InChI is InChI=1S/C41H51ClF3N7O7/c1-5-9-27(33(53)37(56)47-25-14-15-25)48-35(54)29-19-26(58-31-17-13-24(42)20-46-31)21-52(29)38(57)34(40(2,3)4)51-36(55)32(22-10-7-6-8-11-22)50-39-49-28-18-23(41(43,44)45)12-16-30(28)59-39/h12-13,16-18,20,22,25-27,29,32,34H,5-11,14-15,19,21H2,1-4H3,(H,47,56)(H,48,54)(H,49,50)(H,51,55)/t26?,27?,29-,32+,34+/m1/s1. The number of hydrogen-bond acceptors (Lipinski definition) is 10. The maximum atomic E-state index is 14.8. The lowest BCUT2D eigenvalue weighted by Gasteiger charge is -2.37. The van der Waals surface area contributed by atoms with Crippen LogP contribution in [0.2, 0.25) is 5.02 Å². The number of carbonyl (C=O) groups excluding carboxylic acids is 5. The van der Waals surface area contributed by atoms with Crippen LogP contribution in [-0.2, 0) is 30.1 Å². The summed E-state index contributed by atoms with van der Waals surface area (Å²) in [6.45, 7) is 7.04. The van der Waals surface area contributed by atoms with Crippen molar-refractivity contribution in [2.45, 2.75) is 134 Å². The highest BCUT2D eigenvalue weighted by atomic mass is 35.5. The Kier molecular flexibility index (Phi) is 13.4. The Hall–Kier alpha value is -4.93. The third-order valence-corrected chi connectivity index (χ3v) is 11.2. The number of likely N-dealkylation sites (tertiary alicyclic amines) is 1. The number of carbonyl (C=O) groups is 5. The first-order chi connectivity index (χ1) is 27.9. The minimum absolute atomic E-state index is 0.00796. The number of nitrogens with one attached hydrogen (secondary N) is 4. The van der Waals surface area contributed by atoms with E-state index < -0.39 is 76.8 Å². The highest BCUT2D eigenvalue weighted by molar-refractivity contribution is 6.38. The summed E-state index contributed by atoms with van der Waals surface area (Å²) >= 11 is 6.02. The average Bonchev–Trinajstić information content (AvgIpc) is 3.74. The van der Waals surface area contributed by atoms with Gasteiger partial charge < -0.3 is 35.3 Å². The van der Waals surface area contributed by atoms with Crippen LogP contribution in [0.3, 0.4) is 0 Å². The van der Waals surface area contributed by atoms with Gasteiger partial charge in [-0.25, -0.2) is 4.98 Å². The van der Waals surface area contributed by atoms with Gasteiger partial charge >= 0.3 is 6.18 Å². The van der Waals surface area contributed by atoms with Crippen molar-refractivity contribution in [1.29, 1.82) is 0 Å². The number of pyridine rings is 1. The molecule has 2 unspecified atom stereocenters. The second kappa shape index (κ2) is 18.1. The number of ether oxygens (including phenoxy) is 1. The van der Waals surface area contributed by atoms with Crippen molar-refractivity contribution in [2.75, 3.05) is 11.9 Å². The molecule has 1 saturated heterocycles. The summed E-state index contributed by atoms with van der Waals surface area (Å²) in [5.74, 6) is -3.38. The van der Waals surface area contributed by atoms with Crippen molar-refractivity contribution < 1.29 is 46.3 Å². The number of hydrogen-bond donors (Lipinski definition) is 4. The van der Waals surface area contributed by atoms with Crippen LogP contribution in [-0.4, -0.2) is 87.1 Å². The third kappa shape index (κ3) is 11.0. The number of fused-ring (bicyclic) bond motifs is 1. The van der Waals surface area contributed by atoms with Crippen molar-refractivity contribution in [1.82, 2.24) is 30.8 Å². The average molecular weight is 846 g/mol. The molecule has 4 N–H and O–H groups in total. The second-order valence-corrected chi connectivity index (χ2v) is 17.2. The summed E-state index contributed by atoms with van der Waals surface area (Å²) in [6, 6.07) is 1.42. The van der Waals surface area contributed by atoms with E-state index in [9.17, 15) is 37.1 Å². The zero-order chi connectivity index (χ0) is 42.6. The van der Waals surface area contributed by atoms with Crippen LogP contribution in [0.25, 0.3) is 11.1 Å². The van der Waals surface area contributed by atoms with Crippen LogP contribution in [0.1, 0.15) is 97.5 Å². The molecule has 2 aliphatic carbocycles. The van der Waals surface area contributed by atoms with E-state index in [1.807, 2.05) is 6.92 Å². The molecule has 0 spiro atoms. The number of nitrogens with zero attached hydrogens (tertiary/aromatic N) is 3. The van der Waals surface area contributed by atoms with E-state index in [-0.39, 0.29) is 54.3 Å². The number of alkyl halides is 3. The fraction of sp³-hybridized carbons (Fsp3) is 0.585. The summed E-state index contributed by atoms with van der Waals surface area (Å²) in [4.78, 5) is 79.1. The molecule has 5 atom stereocenters. The number of Topliss-reactive ketones (excluding diaryl/α,β-unsaturated/α-hetero) is 1. The molecular weight excluding hydrogens is 795 g/mol. The predicted molar refractivity (Wildman–Crippen MR) is 211 cm³/mol. The predicted octanol–water partition coefficient (Wildman–Crippen LogP) is 5.97. The molecule has 6 rings (SSSR count). The van der Waals surface area contributed by atoms with Crippen LogP contribution in [0.4, 0.5) is 19.2 Å². The van der Waals surface area contributed by atoms with E-state index in [0.29, 0.717) is 24.3 Å². The van der Waals surface area contributed by atoms with Crippen molar-refractivity contribution in [3.8, 4) is 5.88 Å². The molecule has 1 aliphatic heterocycles. The fourth-order valence-electron chi connectivity index (χ4n) is 7.66. The van der Waals surface area contributed by atoms with Crippen LogP contribution >= 0.6 is 11.6 Å². The molecule has 1 aromatic carbocycles. The summed E-state index contributed by atoms with van der Waals surface area (Å²) < 4.78 is 52.2. The molecular formula is C41H51ClF3N7O7. The Morgan fingerprint density at radius 3 is 2.36 bits per heavy atom. The van der Waals surface area contributed by atoms with E-state index in [4.69, 9.17) is 20.8 Å². The van der Waals surface area contributed by atoms with Gasteiger partial charge in [0.25, 0.3) is 11.9 Å². The Morgan fingerprint density at radius 1 is 1.00 bits per heavy atom. The van der Waals surface area contributed by atoms with Crippen molar-refractivity contribution in [3.05, 3.63) is 47.1 Å². The van der Waals surface area contributed by atoms with Gasteiger partial charge in [0.1, 0.15) is 29.7 Å². The van der Waals surface area contributed by atoms with Crippen molar-refractivity contribution in [2.24, 2.45) is 11.3 Å². The number of aromatic nitrogens is 2. The van der Waals surface area contributed by atoms with E-state index in [1.165, 1.54) is 17.2 Å². The van der Waals surface area contributed by atoms with Crippen LogP contribution < -0.4 is 26.0 Å². The number of halogens is 4. The molecule has 3 aliphatic rings. The summed E-state index contributed by atoms with van der Waals surface area (Å²) in [7, 11) is 0. The monoisotopic (exact) mass is 845 g/mol. The van der Waals surface area contributed by atoms with Gasteiger partial charge in [-0.2, -0.15) is 18.2 Å². The molecule has 3 fully saturated rings. The van der Waals surface area contributed by atoms with Crippen molar-refractivity contribution >= 4 is 58.1 Å². The van der Waals surface area contributed by atoms with Crippen molar-refractivity contribution in [3.63, 3.8) is 0 Å². The van der Waals surface area contributed by atoms with Gasteiger partial charge in [0.05, 0.1) is 23.2 Å². The Labute approximate surface area is 345 Å². The first kappa shape index (κ1) is 43.6. The molecule has 0 bridgehead atoms.